The Morgan fingerprint density at radius 2 is 2.04 bits per heavy atom. The topological polar surface area (TPSA) is 78.9 Å². The molecule has 0 spiro atoms. The van der Waals surface area contributed by atoms with E-state index in [0.717, 1.165) is 30.6 Å². The largest absolute Gasteiger partial charge is 0.497 e. The third kappa shape index (κ3) is 4.96. The fourth-order valence-corrected chi connectivity index (χ4v) is 3.04. The molecule has 1 aromatic carbocycles. The van der Waals surface area contributed by atoms with Gasteiger partial charge in [0.2, 0.25) is 0 Å². The molecule has 0 aromatic heterocycles. The molecule has 1 atom stereocenters. The highest BCUT2D eigenvalue weighted by Crippen LogP contribution is 2.19. The third-order valence-electron chi connectivity index (χ3n) is 4.40. The molecule has 1 aliphatic rings. The Morgan fingerprint density at radius 3 is 2.71 bits per heavy atom. The minimum Gasteiger partial charge on any atom is -0.497 e. The molecule has 24 heavy (non-hydrogen) atoms. The van der Waals surface area contributed by atoms with E-state index in [9.17, 15) is 9.59 Å². The van der Waals surface area contributed by atoms with Crippen LogP contribution < -0.4 is 10.1 Å². The number of likely N-dealkylation sites (tertiary alicyclic amines) is 1. The first-order valence-electron chi connectivity index (χ1n) is 8.48. The second kappa shape index (κ2) is 9.27. The van der Waals surface area contributed by atoms with Crippen LogP contribution in [-0.2, 0) is 16.0 Å². The van der Waals surface area contributed by atoms with Crippen LogP contribution in [-0.4, -0.2) is 54.7 Å². The molecular formula is C18H26N2O4. The first-order valence-corrected chi connectivity index (χ1v) is 8.48. The van der Waals surface area contributed by atoms with Crippen molar-refractivity contribution in [3.8, 4) is 5.75 Å². The molecule has 0 bridgehead atoms. The molecule has 2 rings (SSSR count). The number of aliphatic hydroxyl groups excluding tert-OH is 1. The predicted octanol–water partition coefficient (Wildman–Crippen LogP) is 1.12. The summed E-state index contributed by atoms with van der Waals surface area (Å²) in [4.78, 5) is 26.0. The van der Waals surface area contributed by atoms with E-state index in [0.29, 0.717) is 25.9 Å². The molecule has 1 aromatic rings. The summed E-state index contributed by atoms with van der Waals surface area (Å²) >= 11 is 0. The van der Waals surface area contributed by atoms with Gasteiger partial charge in [0.1, 0.15) is 5.75 Å². The monoisotopic (exact) mass is 334 g/mol. The summed E-state index contributed by atoms with van der Waals surface area (Å²) in [6.45, 7) is 1.04. The van der Waals surface area contributed by atoms with Gasteiger partial charge in [-0.1, -0.05) is 12.1 Å². The molecule has 6 heteroatoms. The van der Waals surface area contributed by atoms with Gasteiger partial charge in [-0.15, -0.1) is 0 Å². The third-order valence-corrected chi connectivity index (χ3v) is 4.40. The van der Waals surface area contributed by atoms with Crippen LogP contribution in [0.25, 0.3) is 0 Å². The van der Waals surface area contributed by atoms with E-state index < -0.39 is 11.8 Å². The van der Waals surface area contributed by atoms with Gasteiger partial charge in [0.15, 0.2) is 0 Å². The fraction of sp³-hybridized carbons (Fsp3) is 0.556. The molecule has 1 saturated heterocycles. The maximum Gasteiger partial charge on any atom is 0.312 e. The van der Waals surface area contributed by atoms with Crippen molar-refractivity contribution in [3.63, 3.8) is 0 Å². The Hall–Kier alpha value is -2.08. The molecule has 6 nitrogen and oxygen atoms in total. The molecule has 2 amide bonds. The summed E-state index contributed by atoms with van der Waals surface area (Å²) in [5, 5.41) is 11.8. The van der Waals surface area contributed by atoms with Crippen molar-refractivity contribution in [1.29, 1.82) is 0 Å². The van der Waals surface area contributed by atoms with E-state index in [1.165, 1.54) is 0 Å². The first-order chi connectivity index (χ1) is 11.7. The summed E-state index contributed by atoms with van der Waals surface area (Å²) in [5.41, 5.74) is 1.07. The number of carbonyl (C=O) groups excluding carboxylic acids is 2. The summed E-state index contributed by atoms with van der Waals surface area (Å²) in [5.74, 6) is -0.255. The molecule has 2 N–H and O–H groups in total. The SMILES string of the molecule is COc1ccc(CCNC(=O)C(=O)N2CCCCC2CCO)cc1. The number of benzene rings is 1. The predicted molar refractivity (Wildman–Crippen MR) is 90.8 cm³/mol. The number of aliphatic hydroxyl groups is 1. The summed E-state index contributed by atoms with van der Waals surface area (Å²) in [6, 6.07) is 7.60. The fourth-order valence-electron chi connectivity index (χ4n) is 3.04. The number of rotatable bonds is 6. The molecule has 0 aliphatic carbocycles. The average molecular weight is 334 g/mol. The Balaban J connectivity index is 1.81. The molecule has 0 saturated carbocycles. The summed E-state index contributed by atoms with van der Waals surface area (Å²) < 4.78 is 5.10. The molecule has 0 radical (unpaired) electrons. The smallest absolute Gasteiger partial charge is 0.312 e. The number of ether oxygens (including phenoxy) is 1. The highest BCUT2D eigenvalue weighted by Gasteiger charge is 2.30. The molecule has 1 heterocycles. The number of amides is 2. The maximum absolute atomic E-state index is 12.3. The van der Waals surface area contributed by atoms with E-state index >= 15 is 0 Å². The Morgan fingerprint density at radius 1 is 1.29 bits per heavy atom. The minimum absolute atomic E-state index is 0.0245. The minimum atomic E-state index is -0.562. The van der Waals surface area contributed by atoms with E-state index in [-0.39, 0.29) is 12.6 Å². The number of hydrogen-bond donors (Lipinski definition) is 2. The van der Waals surface area contributed by atoms with E-state index in [1.54, 1.807) is 12.0 Å². The zero-order chi connectivity index (χ0) is 17.4. The molecule has 1 aliphatic heterocycles. The van der Waals surface area contributed by atoms with Crippen molar-refractivity contribution in [2.45, 2.75) is 38.1 Å². The number of nitrogens with one attached hydrogen (secondary N) is 1. The van der Waals surface area contributed by atoms with Gasteiger partial charge in [-0.05, 0) is 49.8 Å². The summed E-state index contributed by atoms with van der Waals surface area (Å²) in [6.07, 6.45) is 3.99. The first kappa shape index (κ1) is 18.3. The standard InChI is InChI=1S/C18H26N2O4/c1-24-16-7-5-14(6-8-16)9-11-19-17(22)18(23)20-12-3-2-4-15(20)10-13-21/h5-8,15,21H,2-4,9-13H2,1H3,(H,19,22). The molecule has 1 unspecified atom stereocenters. The van der Waals surface area contributed by atoms with Gasteiger partial charge >= 0.3 is 11.8 Å². The second-order valence-corrected chi connectivity index (χ2v) is 6.01. The van der Waals surface area contributed by atoms with Crippen molar-refractivity contribution in [3.05, 3.63) is 29.8 Å². The zero-order valence-corrected chi connectivity index (χ0v) is 14.2. The highest BCUT2D eigenvalue weighted by molar-refractivity contribution is 6.35. The maximum atomic E-state index is 12.3. The van der Waals surface area contributed by atoms with Crippen LogP contribution in [0.5, 0.6) is 5.75 Å². The van der Waals surface area contributed by atoms with Crippen molar-refractivity contribution >= 4 is 11.8 Å². The number of piperidine rings is 1. The van der Waals surface area contributed by atoms with E-state index in [4.69, 9.17) is 9.84 Å². The second-order valence-electron chi connectivity index (χ2n) is 6.01. The van der Waals surface area contributed by atoms with E-state index in [2.05, 4.69) is 5.32 Å². The Labute approximate surface area is 142 Å². The highest BCUT2D eigenvalue weighted by atomic mass is 16.5. The Kier molecular flexibility index (Phi) is 7.06. The number of methoxy groups -OCH3 is 1. The van der Waals surface area contributed by atoms with Gasteiger partial charge in [0, 0.05) is 25.7 Å². The normalized spacial score (nSPS) is 17.4. The van der Waals surface area contributed by atoms with Crippen LogP contribution in [0.2, 0.25) is 0 Å². The lowest BCUT2D eigenvalue weighted by Gasteiger charge is -2.35. The lowest BCUT2D eigenvalue weighted by atomic mass is 9.99. The van der Waals surface area contributed by atoms with Crippen molar-refractivity contribution < 1.29 is 19.4 Å². The van der Waals surface area contributed by atoms with Gasteiger partial charge in [-0.3, -0.25) is 9.59 Å². The molecular weight excluding hydrogens is 308 g/mol. The van der Waals surface area contributed by atoms with Crippen molar-refractivity contribution in [2.24, 2.45) is 0 Å². The van der Waals surface area contributed by atoms with Crippen LogP contribution in [0, 0.1) is 0 Å². The van der Waals surface area contributed by atoms with Gasteiger partial charge in [-0.25, -0.2) is 0 Å². The van der Waals surface area contributed by atoms with Crippen LogP contribution >= 0.6 is 0 Å². The lowest BCUT2D eigenvalue weighted by molar-refractivity contribution is -0.148. The zero-order valence-electron chi connectivity index (χ0n) is 14.2. The number of carbonyl (C=O) groups is 2. The number of hydrogen-bond acceptors (Lipinski definition) is 4. The lowest BCUT2D eigenvalue weighted by Crippen LogP contribution is -2.50. The quantitative estimate of drug-likeness (QED) is 0.764. The van der Waals surface area contributed by atoms with Crippen molar-refractivity contribution in [1.82, 2.24) is 10.2 Å². The van der Waals surface area contributed by atoms with Crippen molar-refractivity contribution in [2.75, 3.05) is 26.8 Å². The Bertz CT molecular complexity index is 542. The van der Waals surface area contributed by atoms with Crippen LogP contribution in [0.1, 0.15) is 31.2 Å². The van der Waals surface area contributed by atoms with Crippen LogP contribution in [0.4, 0.5) is 0 Å². The average Bonchev–Trinajstić information content (AvgIpc) is 2.62. The number of nitrogens with zero attached hydrogens (tertiary/aromatic N) is 1. The van der Waals surface area contributed by atoms with Gasteiger partial charge in [0.25, 0.3) is 0 Å². The van der Waals surface area contributed by atoms with Gasteiger partial charge in [0.05, 0.1) is 7.11 Å². The van der Waals surface area contributed by atoms with Crippen LogP contribution in [0.15, 0.2) is 24.3 Å². The van der Waals surface area contributed by atoms with Gasteiger partial charge in [-0.2, -0.15) is 0 Å². The van der Waals surface area contributed by atoms with Crippen LogP contribution in [0.3, 0.4) is 0 Å². The summed E-state index contributed by atoms with van der Waals surface area (Å²) in [7, 11) is 1.62. The van der Waals surface area contributed by atoms with Gasteiger partial charge < -0.3 is 20.1 Å². The molecule has 132 valence electrons. The molecule has 1 fully saturated rings. The van der Waals surface area contributed by atoms with E-state index in [1.807, 2.05) is 24.3 Å².